The zero-order chi connectivity index (χ0) is 17.4. The first-order valence-electron chi connectivity index (χ1n) is 7.94. The fourth-order valence-corrected chi connectivity index (χ4v) is 3.17. The predicted octanol–water partition coefficient (Wildman–Crippen LogP) is 0.806. The van der Waals surface area contributed by atoms with Crippen LogP contribution in [0.5, 0.6) is 0 Å². The van der Waals surface area contributed by atoms with Gasteiger partial charge in [-0.2, -0.15) is 0 Å². The zero-order valence-electron chi connectivity index (χ0n) is 13.5. The number of nitrogens with one attached hydrogen (secondary N) is 2. The molecule has 7 heteroatoms. The summed E-state index contributed by atoms with van der Waals surface area (Å²) in [5.74, 6) is -1.79. The average molecular weight is 329 g/mol. The van der Waals surface area contributed by atoms with Crippen LogP contribution in [-0.4, -0.2) is 47.5 Å². The van der Waals surface area contributed by atoms with E-state index in [0.29, 0.717) is 5.69 Å². The lowest BCUT2D eigenvalue weighted by Gasteiger charge is -2.31. The molecule has 2 aliphatic heterocycles. The summed E-state index contributed by atoms with van der Waals surface area (Å²) in [5.41, 5.74) is 1.15. The van der Waals surface area contributed by atoms with Crippen LogP contribution in [0.4, 0.5) is 5.69 Å². The molecule has 0 bridgehead atoms. The van der Waals surface area contributed by atoms with Gasteiger partial charge in [-0.3, -0.25) is 19.3 Å². The Bertz CT molecular complexity index is 729. The minimum Gasteiger partial charge on any atom is -0.382 e. The summed E-state index contributed by atoms with van der Waals surface area (Å²) in [6.45, 7) is 4.10. The van der Waals surface area contributed by atoms with Gasteiger partial charge in [0.15, 0.2) is 0 Å². The summed E-state index contributed by atoms with van der Waals surface area (Å²) in [7, 11) is 0. The van der Waals surface area contributed by atoms with Crippen LogP contribution < -0.4 is 10.6 Å². The van der Waals surface area contributed by atoms with E-state index in [0.717, 1.165) is 11.2 Å². The van der Waals surface area contributed by atoms with E-state index in [1.807, 2.05) is 13.8 Å². The summed E-state index contributed by atoms with van der Waals surface area (Å²) in [5, 5.41) is 5.75. The second-order valence-corrected chi connectivity index (χ2v) is 6.40. The fourth-order valence-electron chi connectivity index (χ4n) is 3.17. The molecule has 1 saturated heterocycles. The van der Waals surface area contributed by atoms with E-state index in [2.05, 4.69) is 10.6 Å². The number of rotatable bonds is 4. The van der Waals surface area contributed by atoms with Crippen molar-refractivity contribution in [3.8, 4) is 0 Å². The number of benzene rings is 1. The van der Waals surface area contributed by atoms with Crippen LogP contribution in [0.1, 0.15) is 41.0 Å². The van der Waals surface area contributed by atoms with Gasteiger partial charge in [-0.05, 0) is 32.4 Å². The monoisotopic (exact) mass is 329 g/mol. The van der Waals surface area contributed by atoms with Crippen molar-refractivity contribution in [2.75, 3.05) is 11.9 Å². The number of anilines is 1. The Balaban J connectivity index is 1.98. The highest BCUT2D eigenvalue weighted by molar-refractivity contribution is 6.25. The van der Waals surface area contributed by atoms with Gasteiger partial charge < -0.3 is 15.4 Å². The van der Waals surface area contributed by atoms with Gasteiger partial charge in [0.05, 0.1) is 11.1 Å². The van der Waals surface area contributed by atoms with Gasteiger partial charge in [0.1, 0.15) is 12.3 Å². The van der Waals surface area contributed by atoms with Gasteiger partial charge in [0, 0.05) is 24.2 Å². The Labute approximate surface area is 139 Å². The molecule has 2 unspecified atom stereocenters. The molecule has 2 heterocycles. The number of carbonyl (C=O) groups excluding carboxylic acids is 4. The molecule has 24 heavy (non-hydrogen) atoms. The third-order valence-corrected chi connectivity index (χ3v) is 4.26. The first-order chi connectivity index (χ1) is 11.4. The van der Waals surface area contributed by atoms with E-state index in [-0.39, 0.29) is 30.1 Å². The Kier molecular flexibility index (Phi) is 4.09. The normalized spacial score (nSPS) is 23.3. The number of piperidine rings is 1. The lowest BCUT2D eigenvalue weighted by molar-refractivity contribution is -0.128. The Morgan fingerprint density at radius 1 is 1.25 bits per heavy atom. The van der Waals surface area contributed by atoms with Crippen molar-refractivity contribution in [1.29, 1.82) is 0 Å². The molecule has 1 aromatic rings. The van der Waals surface area contributed by atoms with Crippen LogP contribution in [0.25, 0.3) is 0 Å². The van der Waals surface area contributed by atoms with Gasteiger partial charge in [-0.15, -0.1) is 0 Å². The molecule has 0 saturated carbocycles. The third-order valence-electron chi connectivity index (χ3n) is 4.26. The Morgan fingerprint density at radius 2 is 2.00 bits per heavy atom. The fraction of sp³-hybridized carbons (Fsp3) is 0.412. The molecule has 7 nitrogen and oxygen atoms in total. The first kappa shape index (κ1) is 16.2. The second kappa shape index (κ2) is 6.07. The Hall–Kier alpha value is -2.70. The number of imide groups is 1. The minimum atomic E-state index is -0.951. The van der Waals surface area contributed by atoms with E-state index < -0.39 is 29.7 Å². The quantitative estimate of drug-likeness (QED) is 0.629. The molecule has 3 amide bonds. The van der Waals surface area contributed by atoms with Crippen molar-refractivity contribution in [3.05, 3.63) is 29.3 Å². The molecule has 1 fully saturated rings. The molecule has 2 N–H and O–H groups in total. The van der Waals surface area contributed by atoms with Gasteiger partial charge >= 0.3 is 0 Å². The molecule has 0 radical (unpaired) electrons. The molecule has 1 aromatic carbocycles. The number of hydrogen-bond donors (Lipinski definition) is 2. The highest BCUT2D eigenvalue weighted by Gasteiger charge is 2.46. The summed E-state index contributed by atoms with van der Waals surface area (Å²) < 4.78 is 0. The van der Waals surface area contributed by atoms with Crippen molar-refractivity contribution in [2.24, 2.45) is 5.92 Å². The maximum absolute atomic E-state index is 12.8. The minimum absolute atomic E-state index is 0.0888. The van der Waals surface area contributed by atoms with Crippen LogP contribution in [-0.2, 0) is 9.59 Å². The molecule has 126 valence electrons. The SMILES string of the molecule is CC(C)Nc1cccc2c1C(=O)N(C1CC(C=O)CNC1=O)C2=O. The van der Waals surface area contributed by atoms with Gasteiger partial charge in [0.25, 0.3) is 11.8 Å². The standard InChI is InChI=1S/C17H19N3O4/c1-9(2)19-12-5-3-4-11-14(12)17(24)20(16(11)23)13-6-10(8-21)7-18-15(13)22/h3-5,8-10,13,19H,6-7H2,1-2H3,(H,18,22). The molecule has 0 aliphatic carbocycles. The molecule has 2 atom stereocenters. The largest absolute Gasteiger partial charge is 0.382 e. The number of aldehydes is 1. The summed E-state index contributed by atoms with van der Waals surface area (Å²) in [6, 6.07) is 4.16. The van der Waals surface area contributed by atoms with Gasteiger partial charge in [-0.25, -0.2) is 0 Å². The topological polar surface area (TPSA) is 95.6 Å². The second-order valence-electron chi connectivity index (χ2n) is 6.40. The lowest BCUT2D eigenvalue weighted by atomic mass is 9.95. The number of nitrogens with zero attached hydrogens (tertiary/aromatic N) is 1. The Morgan fingerprint density at radius 3 is 2.67 bits per heavy atom. The summed E-state index contributed by atoms with van der Waals surface area (Å²) in [6.07, 6.45) is 0.907. The lowest BCUT2D eigenvalue weighted by Crippen LogP contribution is -2.55. The average Bonchev–Trinajstić information content (AvgIpc) is 2.80. The van der Waals surface area contributed by atoms with E-state index in [1.54, 1.807) is 18.2 Å². The number of amides is 3. The number of carbonyl (C=O) groups is 4. The van der Waals surface area contributed by atoms with E-state index in [9.17, 15) is 19.2 Å². The highest BCUT2D eigenvalue weighted by Crippen LogP contribution is 2.32. The van der Waals surface area contributed by atoms with E-state index >= 15 is 0 Å². The molecular weight excluding hydrogens is 310 g/mol. The number of hydrogen-bond acceptors (Lipinski definition) is 5. The predicted molar refractivity (Wildman–Crippen MR) is 86.7 cm³/mol. The third kappa shape index (κ3) is 2.55. The first-order valence-corrected chi connectivity index (χ1v) is 7.94. The number of fused-ring (bicyclic) bond motifs is 1. The van der Waals surface area contributed by atoms with Crippen molar-refractivity contribution < 1.29 is 19.2 Å². The zero-order valence-corrected chi connectivity index (χ0v) is 13.5. The molecular formula is C17H19N3O4. The van der Waals surface area contributed by atoms with Gasteiger partial charge in [0.2, 0.25) is 5.91 Å². The van der Waals surface area contributed by atoms with Gasteiger partial charge in [-0.1, -0.05) is 6.07 Å². The maximum Gasteiger partial charge on any atom is 0.264 e. The van der Waals surface area contributed by atoms with Crippen molar-refractivity contribution in [2.45, 2.75) is 32.4 Å². The van der Waals surface area contributed by atoms with Crippen LogP contribution >= 0.6 is 0 Å². The molecule has 0 spiro atoms. The molecule has 2 aliphatic rings. The van der Waals surface area contributed by atoms with E-state index in [4.69, 9.17) is 0 Å². The van der Waals surface area contributed by atoms with Crippen molar-refractivity contribution in [1.82, 2.24) is 10.2 Å². The molecule has 3 rings (SSSR count). The summed E-state index contributed by atoms with van der Waals surface area (Å²) in [4.78, 5) is 49.7. The van der Waals surface area contributed by atoms with Crippen LogP contribution in [0.2, 0.25) is 0 Å². The van der Waals surface area contributed by atoms with Crippen LogP contribution in [0.15, 0.2) is 18.2 Å². The summed E-state index contributed by atoms with van der Waals surface area (Å²) >= 11 is 0. The van der Waals surface area contributed by atoms with Crippen molar-refractivity contribution >= 4 is 29.7 Å². The maximum atomic E-state index is 12.8. The van der Waals surface area contributed by atoms with E-state index in [1.165, 1.54) is 0 Å². The van der Waals surface area contributed by atoms with Crippen LogP contribution in [0.3, 0.4) is 0 Å². The molecule has 0 aromatic heterocycles. The van der Waals surface area contributed by atoms with Crippen molar-refractivity contribution in [3.63, 3.8) is 0 Å². The smallest absolute Gasteiger partial charge is 0.264 e. The highest BCUT2D eigenvalue weighted by atomic mass is 16.2. The van der Waals surface area contributed by atoms with Crippen LogP contribution in [0, 0.1) is 5.92 Å².